The number of anilines is 1. The first-order chi connectivity index (χ1) is 13.1. The van der Waals surface area contributed by atoms with Crippen LogP contribution in [0.15, 0.2) is 59.4 Å². The molecule has 2 amide bonds. The number of H-pyrrole nitrogens is 1. The standard InChI is InChI=1S/C21H19N3O3/c25-19-17-6-2-1-5-15(17)13-18(23-19)20(26)22-16-9-7-14(8-10-16)21(27)24-11-3-4-12-24/h1-2,5-10,13H,3-4,11-12H2,(H,22,26)(H,23,25). The summed E-state index contributed by atoms with van der Waals surface area (Å²) in [6, 6.07) is 15.6. The summed E-state index contributed by atoms with van der Waals surface area (Å²) in [6.07, 6.45) is 2.09. The average Bonchev–Trinajstić information content (AvgIpc) is 3.23. The van der Waals surface area contributed by atoms with E-state index in [1.165, 1.54) is 0 Å². The third-order valence-electron chi connectivity index (χ3n) is 4.78. The van der Waals surface area contributed by atoms with Crippen LogP contribution in [0.1, 0.15) is 33.7 Å². The van der Waals surface area contributed by atoms with Gasteiger partial charge in [-0.2, -0.15) is 0 Å². The van der Waals surface area contributed by atoms with Crippen molar-refractivity contribution < 1.29 is 9.59 Å². The highest BCUT2D eigenvalue weighted by atomic mass is 16.2. The van der Waals surface area contributed by atoms with Crippen LogP contribution in [0.5, 0.6) is 0 Å². The predicted octanol–water partition coefficient (Wildman–Crippen LogP) is 3.02. The molecule has 2 heterocycles. The predicted molar refractivity (Wildman–Crippen MR) is 104 cm³/mol. The molecular weight excluding hydrogens is 342 g/mol. The minimum atomic E-state index is -0.406. The lowest BCUT2D eigenvalue weighted by molar-refractivity contribution is 0.0792. The Balaban J connectivity index is 1.51. The van der Waals surface area contributed by atoms with Crippen molar-refractivity contribution in [3.05, 3.63) is 76.2 Å². The second-order valence-corrected chi connectivity index (χ2v) is 6.63. The van der Waals surface area contributed by atoms with Crippen molar-refractivity contribution in [3.63, 3.8) is 0 Å². The number of nitrogens with zero attached hydrogens (tertiary/aromatic N) is 1. The van der Waals surface area contributed by atoms with Gasteiger partial charge in [0, 0.05) is 29.7 Å². The van der Waals surface area contributed by atoms with Crippen LogP contribution in [0.2, 0.25) is 0 Å². The molecule has 0 unspecified atom stereocenters. The molecule has 0 aliphatic carbocycles. The van der Waals surface area contributed by atoms with E-state index in [1.54, 1.807) is 48.5 Å². The first-order valence-electron chi connectivity index (χ1n) is 8.94. The molecule has 3 aromatic rings. The minimum absolute atomic E-state index is 0.0178. The monoisotopic (exact) mass is 361 g/mol. The topological polar surface area (TPSA) is 82.3 Å². The zero-order valence-corrected chi connectivity index (χ0v) is 14.7. The Hall–Kier alpha value is -3.41. The fourth-order valence-corrected chi connectivity index (χ4v) is 3.33. The van der Waals surface area contributed by atoms with Gasteiger partial charge in [-0.05, 0) is 54.6 Å². The van der Waals surface area contributed by atoms with Gasteiger partial charge < -0.3 is 15.2 Å². The van der Waals surface area contributed by atoms with Crippen molar-refractivity contribution in [1.82, 2.24) is 9.88 Å². The maximum Gasteiger partial charge on any atom is 0.272 e. The van der Waals surface area contributed by atoms with E-state index >= 15 is 0 Å². The molecule has 1 aliphatic heterocycles. The summed E-state index contributed by atoms with van der Waals surface area (Å²) >= 11 is 0. The lowest BCUT2D eigenvalue weighted by Gasteiger charge is -2.15. The van der Waals surface area contributed by atoms with Crippen LogP contribution in [0.4, 0.5) is 5.69 Å². The molecule has 1 aromatic heterocycles. The molecule has 27 heavy (non-hydrogen) atoms. The third kappa shape index (κ3) is 3.46. The minimum Gasteiger partial charge on any atom is -0.339 e. The molecule has 4 rings (SSSR count). The lowest BCUT2D eigenvalue weighted by Crippen LogP contribution is -2.27. The van der Waals surface area contributed by atoms with Gasteiger partial charge in [0.15, 0.2) is 0 Å². The maximum absolute atomic E-state index is 12.5. The molecule has 0 spiro atoms. The normalized spacial score (nSPS) is 13.7. The molecule has 0 atom stereocenters. The van der Waals surface area contributed by atoms with Crippen LogP contribution in [0, 0.1) is 0 Å². The fraction of sp³-hybridized carbons (Fsp3) is 0.190. The number of hydrogen-bond acceptors (Lipinski definition) is 3. The molecule has 136 valence electrons. The Morgan fingerprint density at radius 2 is 1.67 bits per heavy atom. The van der Waals surface area contributed by atoms with Crippen LogP contribution in [-0.4, -0.2) is 34.8 Å². The van der Waals surface area contributed by atoms with Gasteiger partial charge in [0.25, 0.3) is 17.4 Å². The van der Waals surface area contributed by atoms with E-state index in [1.807, 2.05) is 11.0 Å². The van der Waals surface area contributed by atoms with E-state index in [9.17, 15) is 14.4 Å². The number of nitrogens with one attached hydrogen (secondary N) is 2. The van der Waals surface area contributed by atoms with Gasteiger partial charge in [-0.3, -0.25) is 14.4 Å². The van der Waals surface area contributed by atoms with Crippen molar-refractivity contribution in [2.24, 2.45) is 0 Å². The summed E-state index contributed by atoms with van der Waals surface area (Å²) in [5.74, 6) is -0.388. The largest absolute Gasteiger partial charge is 0.339 e. The molecule has 6 heteroatoms. The van der Waals surface area contributed by atoms with Crippen molar-refractivity contribution in [1.29, 1.82) is 0 Å². The molecule has 0 radical (unpaired) electrons. The van der Waals surface area contributed by atoms with Crippen molar-refractivity contribution in [2.45, 2.75) is 12.8 Å². The molecule has 2 aromatic carbocycles. The average molecular weight is 361 g/mol. The van der Waals surface area contributed by atoms with Gasteiger partial charge in [-0.1, -0.05) is 18.2 Å². The number of carbonyl (C=O) groups excluding carboxylic acids is 2. The van der Waals surface area contributed by atoms with Gasteiger partial charge in [0.05, 0.1) is 0 Å². The van der Waals surface area contributed by atoms with Crippen LogP contribution in [0.25, 0.3) is 10.8 Å². The zero-order valence-electron chi connectivity index (χ0n) is 14.7. The lowest BCUT2D eigenvalue weighted by atomic mass is 10.1. The summed E-state index contributed by atoms with van der Waals surface area (Å²) in [7, 11) is 0. The number of likely N-dealkylation sites (tertiary alicyclic amines) is 1. The van der Waals surface area contributed by atoms with Gasteiger partial charge >= 0.3 is 0 Å². The van der Waals surface area contributed by atoms with Crippen molar-refractivity contribution >= 4 is 28.3 Å². The van der Waals surface area contributed by atoms with Crippen LogP contribution in [0.3, 0.4) is 0 Å². The Labute approximate surface area is 155 Å². The SMILES string of the molecule is O=C(Nc1ccc(C(=O)N2CCCC2)cc1)c1cc2ccccc2c(=O)[nH]1. The Bertz CT molecular complexity index is 1060. The molecule has 1 fully saturated rings. The molecule has 1 aliphatic rings. The van der Waals surface area contributed by atoms with Crippen molar-refractivity contribution in [2.75, 3.05) is 18.4 Å². The fourth-order valence-electron chi connectivity index (χ4n) is 3.33. The Morgan fingerprint density at radius 1 is 0.963 bits per heavy atom. The number of carbonyl (C=O) groups is 2. The second-order valence-electron chi connectivity index (χ2n) is 6.63. The highest BCUT2D eigenvalue weighted by Gasteiger charge is 2.19. The van der Waals surface area contributed by atoms with E-state index in [-0.39, 0.29) is 17.2 Å². The Morgan fingerprint density at radius 3 is 2.41 bits per heavy atom. The molecule has 1 saturated heterocycles. The highest BCUT2D eigenvalue weighted by molar-refractivity contribution is 6.05. The summed E-state index contributed by atoms with van der Waals surface area (Å²) in [4.78, 5) is 41.4. The smallest absolute Gasteiger partial charge is 0.272 e. The van der Waals surface area contributed by atoms with Gasteiger partial charge in [-0.15, -0.1) is 0 Å². The molecule has 6 nitrogen and oxygen atoms in total. The van der Waals surface area contributed by atoms with Crippen molar-refractivity contribution in [3.8, 4) is 0 Å². The first kappa shape index (κ1) is 17.0. The number of pyridine rings is 1. The summed E-state index contributed by atoms with van der Waals surface area (Å²) in [5.41, 5.74) is 1.06. The van der Waals surface area contributed by atoms with E-state index in [0.29, 0.717) is 22.0 Å². The van der Waals surface area contributed by atoms with Crippen LogP contribution >= 0.6 is 0 Å². The van der Waals surface area contributed by atoms with E-state index in [2.05, 4.69) is 10.3 Å². The van der Waals surface area contributed by atoms with Crippen LogP contribution < -0.4 is 10.9 Å². The molecule has 0 bridgehead atoms. The van der Waals surface area contributed by atoms with E-state index < -0.39 is 5.91 Å². The van der Waals surface area contributed by atoms with Crippen LogP contribution in [-0.2, 0) is 0 Å². The van der Waals surface area contributed by atoms with E-state index in [4.69, 9.17) is 0 Å². The highest BCUT2D eigenvalue weighted by Crippen LogP contribution is 2.16. The first-order valence-corrected chi connectivity index (χ1v) is 8.94. The number of hydrogen-bond donors (Lipinski definition) is 2. The van der Waals surface area contributed by atoms with E-state index in [0.717, 1.165) is 25.9 Å². The second kappa shape index (κ2) is 7.07. The Kier molecular flexibility index (Phi) is 4.46. The molecule has 2 N–H and O–H groups in total. The maximum atomic E-state index is 12.5. The number of aromatic nitrogens is 1. The van der Waals surface area contributed by atoms with Gasteiger partial charge in [-0.25, -0.2) is 0 Å². The number of fused-ring (bicyclic) bond motifs is 1. The number of amides is 2. The quantitative estimate of drug-likeness (QED) is 0.752. The summed E-state index contributed by atoms with van der Waals surface area (Å²) in [6.45, 7) is 1.60. The molecule has 0 saturated carbocycles. The van der Waals surface area contributed by atoms with Gasteiger partial charge in [0.2, 0.25) is 0 Å². The number of benzene rings is 2. The summed E-state index contributed by atoms with van der Waals surface area (Å²) in [5, 5.41) is 4.00. The molecular formula is C21H19N3O3. The third-order valence-corrected chi connectivity index (χ3v) is 4.78. The summed E-state index contributed by atoms with van der Waals surface area (Å²) < 4.78 is 0. The zero-order chi connectivity index (χ0) is 18.8. The number of rotatable bonds is 3. The van der Waals surface area contributed by atoms with Gasteiger partial charge in [0.1, 0.15) is 5.69 Å². The number of aromatic amines is 1.